The summed E-state index contributed by atoms with van der Waals surface area (Å²) in [5.74, 6) is 0. The molecule has 0 saturated heterocycles. The Bertz CT molecular complexity index is 279. The van der Waals surface area contributed by atoms with Crippen molar-refractivity contribution in [3.8, 4) is 0 Å². The molecular weight excluding hydrogens is 280 g/mol. The number of rotatable bonds is 2. The fraction of sp³-hybridized carbons (Fsp3) is 0.400. The van der Waals surface area contributed by atoms with E-state index >= 15 is 0 Å². The second-order valence-corrected chi connectivity index (χ2v) is 4.65. The van der Waals surface area contributed by atoms with E-state index in [2.05, 4.69) is 57.8 Å². The molecule has 0 heterocycles. The maximum absolute atomic E-state index is 3.55. The molecule has 0 amide bonds. The van der Waals surface area contributed by atoms with Gasteiger partial charge in [0.2, 0.25) is 0 Å². The normalized spacial score (nSPS) is 10.3. The van der Waals surface area contributed by atoms with Gasteiger partial charge in [0.05, 0.1) is 0 Å². The summed E-state index contributed by atoms with van der Waals surface area (Å²) in [4.78, 5) is 0. The lowest BCUT2D eigenvalue weighted by molar-refractivity contribution is 0.914. The summed E-state index contributed by atoms with van der Waals surface area (Å²) in [6, 6.07) is 4.36. The number of benzene rings is 1. The van der Waals surface area contributed by atoms with Crippen LogP contribution >= 0.6 is 31.9 Å². The molecule has 1 rings (SSSR count). The van der Waals surface area contributed by atoms with Crippen molar-refractivity contribution in [3.05, 3.63) is 32.2 Å². The zero-order valence-corrected chi connectivity index (χ0v) is 10.5. The van der Waals surface area contributed by atoms with Crippen LogP contribution in [0.1, 0.15) is 24.5 Å². The van der Waals surface area contributed by atoms with Crippen molar-refractivity contribution in [1.82, 2.24) is 0 Å². The van der Waals surface area contributed by atoms with Crippen LogP contribution in [0.4, 0.5) is 0 Å². The smallest absolute Gasteiger partial charge is 0.0218 e. The first-order valence-electron chi connectivity index (χ1n) is 4.09. The van der Waals surface area contributed by atoms with Crippen molar-refractivity contribution in [1.29, 1.82) is 0 Å². The molecule has 0 unspecified atom stereocenters. The highest BCUT2D eigenvalue weighted by Crippen LogP contribution is 2.26. The minimum Gasteiger partial charge on any atom is -0.0651 e. The van der Waals surface area contributed by atoms with E-state index in [-0.39, 0.29) is 0 Å². The summed E-state index contributed by atoms with van der Waals surface area (Å²) in [6.07, 6.45) is 2.34. The molecule has 0 atom stereocenters. The minimum absolute atomic E-state index is 1.15. The van der Waals surface area contributed by atoms with Crippen LogP contribution in [-0.4, -0.2) is 0 Å². The Labute approximate surface area is 90.6 Å². The summed E-state index contributed by atoms with van der Waals surface area (Å²) in [5.41, 5.74) is 2.71. The number of aryl methyl sites for hydroxylation is 2. The van der Waals surface area contributed by atoms with Crippen LogP contribution in [0.3, 0.4) is 0 Å². The minimum atomic E-state index is 1.15. The summed E-state index contributed by atoms with van der Waals surface area (Å²) in [6.45, 7) is 4.32. The lowest BCUT2D eigenvalue weighted by Gasteiger charge is -2.05. The van der Waals surface area contributed by atoms with E-state index in [4.69, 9.17) is 0 Å². The van der Waals surface area contributed by atoms with E-state index in [0.717, 1.165) is 6.42 Å². The molecule has 0 nitrogen and oxygen atoms in total. The van der Waals surface area contributed by atoms with Crippen LogP contribution in [0.2, 0.25) is 0 Å². The molecule has 0 aliphatic rings. The third-order valence-electron chi connectivity index (χ3n) is 1.85. The van der Waals surface area contributed by atoms with E-state index in [9.17, 15) is 0 Å². The summed E-state index contributed by atoms with van der Waals surface area (Å²) >= 11 is 7.05. The topological polar surface area (TPSA) is 0 Å². The largest absolute Gasteiger partial charge is 0.0651 e. The van der Waals surface area contributed by atoms with Crippen molar-refractivity contribution >= 4 is 31.9 Å². The molecule has 0 bridgehead atoms. The van der Waals surface area contributed by atoms with Crippen LogP contribution in [0.25, 0.3) is 0 Å². The molecule has 12 heavy (non-hydrogen) atoms. The molecule has 0 saturated carbocycles. The Morgan fingerprint density at radius 3 is 2.42 bits per heavy atom. The van der Waals surface area contributed by atoms with Crippen LogP contribution in [0.5, 0.6) is 0 Å². The van der Waals surface area contributed by atoms with Crippen LogP contribution in [0.15, 0.2) is 21.1 Å². The standard InChI is InChI=1S/C10H12Br2/c1-3-4-8-5-7(2)9(11)6-10(8)12/h5-6H,3-4H2,1-2H3. The van der Waals surface area contributed by atoms with Crippen LogP contribution in [0, 0.1) is 6.92 Å². The highest BCUT2D eigenvalue weighted by Gasteiger charge is 2.02. The van der Waals surface area contributed by atoms with E-state index in [0.29, 0.717) is 0 Å². The first-order valence-corrected chi connectivity index (χ1v) is 5.68. The molecule has 0 radical (unpaired) electrons. The Balaban J connectivity index is 3.05. The van der Waals surface area contributed by atoms with Crippen molar-refractivity contribution < 1.29 is 0 Å². The van der Waals surface area contributed by atoms with Gasteiger partial charge in [-0.25, -0.2) is 0 Å². The van der Waals surface area contributed by atoms with Gasteiger partial charge in [-0.1, -0.05) is 51.3 Å². The number of hydrogen-bond donors (Lipinski definition) is 0. The predicted octanol–water partition coefficient (Wildman–Crippen LogP) is 4.47. The Morgan fingerprint density at radius 2 is 1.83 bits per heavy atom. The fourth-order valence-corrected chi connectivity index (χ4v) is 2.37. The third-order valence-corrected chi connectivity index (χ3v) is 3.44. The molecule has 1 aromatic carbocycles. The Hall–Kier alpha value is 0.180. The van der Waals surface area contributed by atoms with E-state index in [1.807, 2.05) is 0 Å². The van der Waals surface area contributed by atoms with Gasteiger partial charge in [-0.2, -0.15) is 0 Å². The number of halogens is 2. The lowest BCUT2D eigenvalue weighted by atomic mass is 10.1. The molecule has 0 N–H and O–H groups in total. The van der Waals surface area contributed by atoms with E-state index < -0.39 is 0 Å². The molecule has 0 fully saturated rings. The fourth-order valence-electron chi connectivity index (χ4n) is 1.18. The molecule has 1 aromatic rings. The van der Waals surface area contributed by atoms with Crippen LogP contribution < -0.4 is 0 Å². The second-order valence-electron chi connectivity index (χ2n) is 2.94. The average molecular weight is 292 g/mol. The van der Waals surface area contributed by atoms with E-state index in [1.54, 1.807) is 0 Å². The quantitative estimate of drug-likeness (QED) is 0.754. The van der Waals surface area contributed by atoms with Gasteiger partial charge < -0.3 is 0 Å². The van der Waals surface area contributed by atoms with Crippen LogP contribution in [-0.2, 0) is 6.42 Å². The van der Waals surface area contributed by atoms with Gasteiger partial charge in [0, 0.05) is 8.95 Å². The number of hydrogen-bond acceptors (Lipinski definition) is 0. The van der Waals surface area contributed by atoms with Gasteiger partial charge in [-0.15, -0.1) is 0 Å². The summed E-state index contributed by atoms with van der Waals surface area (Å²) in [5, 5.41) is 0. The van der Waals surface area contributed by atoms with Crippen molar-refractivity contribution in [2.45, 2.75) is 26.7 Å². The van der Waals surface area contributed by atoms with Gasteiger partial charge in [-0.05, 0) is 30.5 Å². The van der Waals surface area contributed by atoms with Gasteiger partial charge in [-0.3, -0.25) is 0 Å². The maximum Gasteiger partial charge on any atom is 0.0218 e. The molecular formula is C10H12Br2. The monoisotopic (exact) mass is 290 g/mol. The molecule has 0 aliphatic carbocycles. The van der Waals surface area contributed by atoms with E-state index in [1.165, 1.54) is 26.5 Å². The highest BCUT2D eigenvalue weighted by molar-refractivity contribution is 9.11. The average Bonchev–Trinajstić information content (AvgIpc) is 2.01. The van der Waals surface area contributed by atoms with Crippen molar-refractivity contribution in [3.63, 3.8) is 0 Å². The zero-order chi connectivity index (χ0) is 9.14. The SMILES string of the molecule is CCCc1cc(C)c(Br)cc1Br. The molecule has 0 spiro atoms. The second kappa shape index (κ2) is 4.43. The van der Waals surface area contributed by atoms with Crippen molar-refractivity contribution in [2.75, 3.05) is 0 Å². The highest BCUT2D eigenvalue weighted by atomic mass is 79.9. The zero-order valence-electron chi connectivity index (χ0n) is 7.32. The Kier molecular flexibility index (Phi) is 3.78. The lowest BCUT2D eigenvalue weighted by Crippen LogP contribution is -1.87. The molecule has 2 heteroatoms. The Morgan fingerprint density at radius 1 is 1.17 bits per heavy atom. The first-order chi connectivity index (χ1) is 5.65. The molecule has 66 valence electrons. The third kappa shape index (κ3) is 2.33. The summed E-state index contributed by atoms with van der Waals surface area (Å²) < 4.78 is 2.39. The maximum atomic E-state index is 3.55. The van der Waals surface area contributed by atoms with Gasteiger partial charge in [0.25, 0.3) is 0 Å². The van der Waals surface area contributed by atoms with Gasteiger partial charge in [0.15, 0.2) is 0 Å². The van der Waals surface area contributed by atoms with Gasteiger partial charge in [0.1, 0.15) is 0 Å². The first kappa shape index (κ1) is 10.3. The molecule has 0 aromatic heterocycles. The van der Waals surface area contributed by atoms with Crippen molar-refractivity contribution in [2.24, 2.45) is 0 Å². The summed E-state index contributed by atoms with van der Waals surface area (Å²) in [7, 11) is 0. The predicted molar refractivity (Wildman–Crippen MR) is 60.6 cm³/mol. The molecule has 0 aliphatic heterocycles. The van der Waals surface area contributed by atoms with Gasteiger partial charge >= 0.3 is 0 Å².